The number of ether oxygens (including phenoxy) is 1. The number of carbonyl (C=O) groups is 2. The highest BCUT2D eigenvalue weighted by atomic mass is 32.1. The van der Waals surface area contributed by atoms with Gasteiger partial charge in [0.25, 0.3) is 5.91 Å². The number of hydrogen-bond acceptors (Lipinski definition) is 7. The van der Waals surface area contributed by atoms with Gasteiger partial charge in [-0.1, -0.05) is 25.3 Å². The van der Waals surface area contributed by atoms with E-state index in [-0.39, 0.29) is 29.0 Å². The number of nitrogens with one attached hydrogen (secondary N) is 2. The number of nitrogens with two attached hydrogens (primary N) is 1. The van der Waals surface area contributed by atoms with Gasteiger partial charge in [-0.2, -0.15) is 4.37 Å². The van der Waals surface area contributed by atoms with Crippen LogP contribution in [0.2, 0.25) is 0 Å². The van der Waals surface area contributed by atoms with Gasteiger partial charge in [0, 0.05) is 30.4 Å². The zero-order valence-electron chi connectivity index (χ0n) is 16.0. The molecule has 0 aromatic carbocycles. The van der Waals surface area contributed by atoms with E-state index in [0.29, 0.717) is 6.54 Å². The molecule has 2 aromatic rings. The monoisotopic (exact) mass is 419 g/mol. The van der Waals surface area contributed by atoms with Crippen LogP contribution in [0.25, 0.3) is 0 Å². The zero-order chi connectivity index (χ0) is 20.6. The minimum atomic E-state index is -0.741. The van der Waals surface area contributed by atoms with E-state index in [2.05, 4.69) is 20.0 Å². The third-order valence-electron chi connectivity index (χ3n) is 4.88. The van der Waals surface area contributed by atoms with E-state index in [4.69, 9.17) is 10.5 Å². The highest BCUT2D eigenvalue weighted by molar-refractivity contribution is 7.11. The molecule has 1 fully saturated rings. The van der Waals surface area contributed by atoms with Gasteiger partial charge in [-0.25, -0.2) is 4.79 Å². The van der Waals surface area contributed by atoms with Gasteiger partial charge < -0.3 is 20.9 Å². The topological polar surface area (TPSA) is 139 Å². The minimum absolute atomic E-state index is 0.0266. The summed E-state index contributed by atoms with van der Waals surface area (Å²) in [6.45, 7) is 0.533. The Balaban J connectivity index is 1.58. The van der Waals surface area contributed by atoms with E-state index in [0.717, 1.165) is 49.2 Å². The van der Waals surface area contributed by atoms with E-state index in [1.54, 1.807) is 18.5 Å². The fourth-order valence-corrected chi connectivity index (χ4v) is 4.02. The maximum absolute atomic E-state index is 12.3. The molecule has 1 aliphatic rings. The van der Waals surface area contributed by atoms with Gasteiger partial charge in [-0.05, 0) is 30.4 Å². The molecule has 1 saturated carbocycles. The summed E-state index contributed by atoms with van der Waals surface area (Å²) in [6, 6.07) is 3.13. The number of aliphatic hydroxyl groups is 1. The number of anilines is 1. The van der Waals surface area contributed by atoms with Gasteiger partial charge >= 0.3 is 6.03 Å². The second-order valence-electron chi connectivity index (χ2n) is 7.01. The Morgan fingerprint density at radius 3 is 2.90 bits per heavy atom. The van der Waals surface area contributed by atoms with Gasteiger partial charge in [0.2, 0.25) is 5.88 Å². The molecule has 2 atom stereocenters. The Bertz CT molecular complexity index is 829. The molecule has 0 aliphatic heterocycles. The first kappa shape index (κ1) is 21.0. The first-order chi connectivity index (χ1) is 14.0. The lowest BCUT2D eigenvalue weighted by Gasteiger charge is -2.20. The SMILES string of the molecule is NC(=O)c1c(OCc2cccnc2)nsc1NC(=O)NCC1CCCCCC1O. The molecular formula is C19H25N5O4S. The Morgan fingerprint density at radius 1 is 1.31 bits per heavy atom. The van der Waals surface area contributed by atoms with Crippen LogP contribution in [-0.4, -0.2) is 39.1 Å². The fourth-order valence-electron chi connectivity index (χ4n) is 3.29. The molecule has 0 radical (unpaired) electrons. The fraction of sp³-hybridized carbons (Fsp3) is 0.474. The number of amides is 3. The molecule has 2 aromatic heterocycles. The van der Waals surface area contributed by atoms with Crippen LogP contribution in [0.5, 0.6) is 5.88 Å². The van der Waals surface area contributed by atoms with E-state index < -0.39 is 18.0 Å². The van der Waals surface area contributed by atoms with Gasteiger partial charge in [0.15, 0.2) is 0 Å². The van der Waals surface area contributed by atoms with Crippen molar-refractivity contribution in [2.45, 2.75) is 44.8 Å². The number of pyridine rings is 1. The minimum Gasteiger partial charge on any atom is -0.472 e. The standard InChI is InChI=1S/C19H25N5O4S/c20-16(26)15-17(28-11-12-5-4-8-21-9-12)24-29-18(15)23-19(27)22-10-13-6-2-1-3-7-14(13)25/h4-5,8-9,13-14,25H,1-3,6-7,10-11H2,(H2,20,26)(H2,22,23,27). The molecule has 1 aliphatic carbocycles. The van der Waals surface area contributed by atoms with Crippen LogP contribution in [0, 0.1) is 5.92 Å². The van der Waals surface area contributed by atoms with Crippen LogP contribution >= 0.6 is 11.5 Å². The lowest BCUT2D eigenvalue weighted by Crippen LogP contribution is -2.37. The van der Waals surface area contributed by atoms with Gasteiger partial charge in [-0.3, -0.25) is 15.1 Å². The van der Waals surface area contributed by atoms with Crippen molar-refractivity contribution in [1.82, 2.24) is 14.7 Å². The molecular weight excluding hydrogens is 394 g/mol. The third kappa shape index (κ3) is 5.88. The number of primary amides is 1. The molecule has 2 unspecified atom stereocenters. The number of rotatable bonds is 7. The van der Waals surface area contributed by atoms with E-state index in [1.807, 2.05) is 6.07 Å². The number of carbonyl (C=O) groups excluding carboxylic acids is 2. The van der Waals surface area contributed by atoms with Gasteiger partial charge in [0.1, 0.15) is 17.2 Å². The summed E-state index contributed by atoms with van der Waals surface area (Å²) in [7, 11) is 0. The third-order valence-corrected chi connectivity index (χ3v) is 5.62. The summed E-state index contributed by atoms with van der Waals surface area (Å²) in [6.07, 6.45) is 7.67. The number of urea groups is 1. The largest absolute Gasteiger partial charge is 0.472 e. The number of aromatic nitrogens is 2. The molecule has 9 nitrogen and oxygen atoms in total. The Morgan fingerprint density at radius 2 is 2.14 bits per heavy atom. The van der Waals surface area contributed by atoms with Crippen LogP contribution in [-0.2, 0) is 6.61 Å². The van der Waals surface area contributed by atoms with Crippen molar-refractivity contribution in [3.8, 4) is 5.88 Å². The lowest BCUT2D eigenvalue weighted by molar-refractivity contribution is 0.0996. The van der Waals surface area contributed by atoms with Gasteiger partial charge in [-0.15, -0.1) is 0 Å². The van der Waals surface area contributed by atoms with Crippen LogP contribution in [0.15, 0.2) is 24.5 Å². The second kappa shape index (κ2) is 10.2. The maximum Gasteiger partial charge on any atom is 0.319 e. The van der Waals surface area contributed by atoms with Gasteiger partial charge in [0.05, 0.1) is 6.10 Å². The smallest absolute Gasteiger partial charge is 0.319 e. The van der Waals surface area contributed by atoms with Crippen LogP contribution in [0.4, 0.5) is 9.80 Å². The van der Waals surface area contributed by atoms with Crippen molar-refractivity contribution >= 4 is 28.5 Å². The normalized spacial score (nSPS) is 19.2. The predicted molar refractivity (Wildman–Crippen MR) is 109 cm³/mol. The van der Waals surface area contributed by atoms with Crippen molar-refractivity contribution in [2.75, 3.05) is 11.9 Å². The van der Waals surface area contributed by atoms with Crippen LogP contribution in [0.1, 0.15) is 48.0 Å². The highest BCUT2D eigenvalue weighted by Gasteiger charge is 2.24. The summed E-state index contributed by atoms with van der Waals surface area (Å²) >= 11 is 0.921. The molecule has 0 spiro atoms. The molecule has 2 heterocycles. The summed E-state index contributed by atoms with van der Waals surface area (Å²) in [5.41, 5.74) is 6.30. The van der Waals surface area contributed by atoms with Crippen molar-refractivity contribution in [3.63, 3.8) is 0 Å². The molecule has 29 heavy (non-hydrogen) atoms. The van der Waals surface area contributed by atoms with Crippen molar-refractivity contribution < 1.29 is 19.4 Å². The van der Waals surface area contributed by atoms with Crippen molar-refractivity contribution in [3.05, 3.63) is 35.7 Å². The number of hydrogen-bond donors (Lipinski definition) is 4. The number of nitrogens with zero attached hydrogens (tertiary/aromatic N) is 2. The molecule has 156 valence electrons. The molecule has 5 N–H and O–H groups in total. The van der Waals surface area contributed by atoms with E-state index in [9.17, 15) is 14.7 Å². The summed E-state index contributed by atoms with van der Waals surface area (Å²) in [4.78, 5) is 28.2. The zero-order valence-corrected chi connectivity index (χ0v) is 16.8. The molecule has 10 heteroatoms. The quantitative estimate of drug-likeness (QED) is 0.508. The number of aliphatic hydroxyl groups excluding tert-OH is 1. The molecule has 0 saturated heterocycles. The first-order valence-corrected chi connectivity index (χ1v) is 10.4. The van der Waals surface area contributed by atoms with Crippen LogP contribution in [0.3, 0.4) is 0 Å². The van der Waals surface area contributed by atoms with Crippen molar-refractivity contribution in [1.29, 1.82) is 0 Å². The lowest BCUT2D eigenvalue weighted by atomic mass is 9.97. The maximum atomic E-state index is 12.3. The Hall–Kier alpha value is -2.72. The molecule has 0 bridgehead atoms. The summed E-state index contributed by atoms with van der Waals surface area (Å²) in [5.74, 6) is -0.644. The summed E-state index contributed by atoms with van der Waals surface area (Å²) in [5, 5.41) is 15.8. The van der Waals surface area contributed by atoms with E-state index in [1.165, 1.54) is 0 Å². The predicted octanol–water partition coefficient (Wildman–Crippen LogP) is 2.28. The first-order valence-electron chi connectivity index (χ1n) is 9.58. The highest BCUT2D eigenvalue weighted by Crippen LogP contribution is 2.30. The Labute approximate surface area is 172 Å². The Kier molecular flexibility index (Phi) is 7.36. The average Bonchev–Trinajstić information content (AvgIpc) is 2.99. The molecule has 3 rings (SSSR count). The van der Waals surface area contributed by atoms with Crippen LogP contribution < -0.4 is 21.1 Å². The average molecular weight is 420 g/mol. The second-order valence-corrected chi connectivity index (χ2v) is 7.78. The van der Waals surface area contributed by atoms with E-state index >= 15 is 0 Å². The summed E-state index contributed by atoms with van der Waals surface area (Å²) < 4.78 is 9.68. The van der Waals surface area contributed by atoms with Crippen molar-refractivity contribution in [2.24, 2.45) is 11.7 Å². The molecule has 3 amide bonds.